The molecule has 0 bridgehead atoms. The van der Waals surface area contributed by atoms with E-state index in [1.165, 1.54) is 66.8 Å². The van der Waals surface area contributed by atoms with E-state index in [2.05, 4.69) is 125 Å². The van der Waals surface area contributed by atoms with Gasteiger partial charge < -0.3 is 30.6 Å². The van der Waals surface area contributed by atoms with Crippen molar-refractivity contribution in [3.8, 4) is 11.5 Å². The molecule has 0 aliphatic heterocycles. The zero-order chi connectivity index (χ0) is 50.9. The molecule has 0 unspecified atom stereocenters. The highest BCUT2D eigenvalue weighted by Crippen LogP contribution is 2.47. The maximum atomic E-state index is 12.2. The molecule has 4 saturated carbocycles. The van der Waals surface area contributed by atoms with Crippen LogP contribution in [0.15, 0.2) is 109 Å². The van der Waals surface area contributed by atoms with Crippen LogP contribution in [0.4, 0.5) is 0 Å². The van der Waals surface area contributed by atoms with E-state index >= 15 is 0 Å². The van der Waals surface area contributed by atoms with Gasteiger partial charge in [0.25, 0.3) is 0 Å². The van der Waals surface area contributed by atoms with Crippen LogP contribution in [0.3, 0.4) is 0 Å². The highest BCUT2D eigenvalue weighted by atomic mass is 16.3. The number of hydrogen-bond acceptors (Lipinski definition) is 6. The number of aliphatic hydroxyl groups excluding tert-OH is 4. The summed E-state index contributed by atoms with van der Waals surface area (Å²) in [7, 11) is 0. The molecule has 4 aliphatic carbocycles. The van der Waals surface area contributed by atoms with E-state index < -0.39 is 0 Å². The smallest absolute Gasteiger partial charge is 0.119 e. The lowest BCUT2D eigenvalue weighted by Crippen LogP contribution is -2.18. The number of rotatable bonds is 12. The Labute approximate surface area is 435 Å². The third-order valence-electron chi connectivity index (χ3n) is 18.3. The van der Waals surface area contributed by atoms with Crippen LogP contribution in [0.2, 0.25) is 0 Å². The van der Waals surface area contributed by atoms with Crippen LogP contribution in [0, 0.1) is 27.7 Å². The monoisotopic (exact) mass is 981 g/mol. The van der Waals surface area contributed by atoms with Gasteiger partial charge in [-0.05, 0) is 251 Å². The van der Waals surface area contributed by atoms with Gasteiger partial charge in [-0.2, -0.15) is 0 Å². The summed E-state index contributed by atoms with van der Waals surface area (Å²) in [4.78, 5) is 0. The van der Waals surface area contributed by atoms with Gasteiger partial charge in [0, 0.05) is 23.0 Å². The van der Waals surface area contributed by atoms with Gasteiger partial charge in [0.15, 0.2) is 0 Å². The molecule has 0 heterocycles. The van der Waals surface area contributed by atoms with Crippen LogP contribution in [0.1, 0.15) is 227 Å². The largest absolute Gasteiger partial charge is 0.508 e. The molecule has 4 fully saturated rings. The van der Waals surface area contributed by atoms with Crippen molar-refractivity contribution in [2.24, 2.45) is 0 Å². The zero-order valence-electron chi connectivity index (χ0n) is 43.9. The summed E-state index contributed by atoms with van der Waals surface area (Å²) in [6.07, 6.45) is 13.8. The minimum Gasteiger partial charge on any atom is -0.508 e. The summed E-state index contributed by atoms with van der Waals surface area (Å²) in [6.45, 7) is 8.78. The molecule has 73 heavy (non-hydrogen) atoms. The third-order valence-corrected chi connectivity index (χ3v) is 18.3. The van der Waals surface area contributed by atoms with Crippen LogP contribution >= 0.6 is 0 Å². The highest BCUT2D eigenvalue weighted by molar-refractivity contribution is 5.58. The SMILES string of the molecule is Cc1ccc(C2CCC(O)CC2)cc1C(c1cc(C2CCC(O)CC2)ccc1C)c1cc(Cc2ccc(O)c(C(c3cc(C4CCC(O)CC4)ccc3C)c3cc(C4CCC(O)CC4)ccc3C)c2)ccc1O. The fourth-order valence-electron chi connectivity index (χ4n) is 13.7. The number of aryl methyl sites for hydroxylation is 4. The number of hydrogen-bond donors (Lipinski definition) is 6. The van der Waals surface area contributed by atoms with Crippen LogP contribution < -0.4 is 0 Å². The lowest BCUT2D eigenvalue weighted by molar-refractivity contribution is 0.122. The van der Waals surface area contributed by atoms with E-state index in [-0.39, 0.29) is 47.8 Å². The van der Waals surface area contributed by atoms with Crippen molar-refractivity contribution in [1.29, 1.82) is 0 Å². The summed E-state index contributed by atoms with van der Waals surface area (Å²) >= 11 is 0. The normalized spacial score (nSPS) is 25.5. The molecule has 384 valence electrons. The van der Waals surface area contributed by atoms with E-state index in [0.717, 1.165) is 125 Å². The molecule has 0 spiro atoms. The van der Waals surface area contributed by atoms with Crippen LogP contribution in [-0.4, -0.2) is 55.1 Å². The summed E-state index contributed by atoms with van der Waals surface area (Å²) in [5.74, 6) is 1.54. The first-order valence-electron chi connectivity index (χ1n) is 28.0. The first kappa shape index (κ1) is 51.3. The molecular formula is C67H80O6. The predicted octanol–water partition coefficient (Wildman–Crippen LogP) is 14.4. The summed E-state index contributed by atoms with van der Waals surface area (Å²) < 4.78 is 0. The Hall–Kier alpha value is -5.24. The Morgan fingerprint density at radius 1 is 0.315 bits per heavy atom. The number of aromatic hydroxyl groups is 2. The molecule has 10 rings (SSSR count). The highest BCUT2D eigenvalue weighted by Gasteiger charge is 2.31. The molecule has 6 aromatic carbocycles. The van der Waals surface area contributed by atoms with Crippen LogP contribution in [-0.2, 0) is 6.42 Å². The standard InChI is InChI=1S/C67H80O6/c1-40-5-11-50(46-15-23-54(68)24-16-46)36-58(40)66(59-37-51(12-6-41(59)2)47-17-25-55(69)26-18-47)62-34-44(9-31-64(62)72)33-45-10-32-65(73)63(35-45)67(60-38-52(13-7-42(60)3)48-19-27-56(70)28-20-48)61-39-53(14-8-43(61)4)49-21-29-57(71)30-22-49/h5-14,31-32,34-39,46-49,54-57,66-73H,15-30,33H2,1-4H3. The molecule has 0 radical (unpaired) electrons. The number of benzene rings is 6. The predicted molar refractivity (Wildman–Crippen MR) is 294 cm³/mol. The first-order chi connectivity index (χ1) is 35.3. The first-order valence-corrected chi connectivity index (χ1v) is 28.0. The average molecular weight is 981 g/mol. The molecule has 0 aromatic heterocycles. The fourth-order valence-corrected chi connectivity index (χ4v) is 13.7. The van der Waals surface area contributed by atoms with Crippen molar-refractivity contribution < 1.29 is 30.6 Å². The topological polar surface area (TPSA) is 121 Å². The molecule has 0 saturated heterocycles. The summed E-state index contributed by atoms with van der Waals surface area (Å²) in [5, 5.41) is 66.1. The second kappa shape index (κ2) is 22.3. The molecule has 6 heteroatoms. The second-order valence-corrected chi connectivity index (χ2v) is 23.3. The van der Waals surface area contributed by atoms with Gasteiger partial charge >= 0.3 is 0 Å². The zero-order valence-corrected chi connectivity index (χ0v) is 43.9. The molecule has 6 N–H and O–H groups in total. The second-order valence-electron chi connectivity index (χ2n) is 23.3. The Balaban J connectivity index is 1.06. The van der Waals surface area contributed by atoms with Gasteiger partial charge in [-0.15, -0.1) is 0 Å². The summed E-state index contributed by atoms with van der Waals surface area (Å²) in [6, 6.07) is 40.0. The Bertz CT molecular complexity index is 2530. The lowest BCUT2D eigenvalue weighted by atomic mass is 9.75. The Kier molecular flexibility index (Phi) is 15.7. The number of phenols is 2. The van der Waals surface area contributed by atoms with E-state index in [1.54, 1.807) is 0 Å². The molecule has 4 aliphatic rings. The van der Waals surface area contributed by atoms with E-state index in [1.807, 2.05) is 12.1 Å². The van der Waals surface area contributed by atoms with E-state index in [0.29, 0.717) is 30.1 Å². The molecule has 6 nitrogen and oxygen atoms in total. The molecular weight excluding hydrogens is 901 g/mol. The molecule has 0 amide bonds. The van der Waals surface area contributed by atoms with Crippen molar-refractivity contribution in [2.75, 3.05) is 0 Å². The fraction of sp³-hybridized carbons (Fsp3) is 0.463. The Morgan fingerprint density at radius 2 is 0.562 bits per heavy atom. The van der Waals surface area contributed by atoms with Gasteiger partial charge in [0.2, 0.25) is 0 Å². The summed E-state index contributed by atoms with van der Waals surface area (Å²) in [5.41, 5.74) is 18.5. The minimum atomic E-state index is -0.242. The maximum Gasteiger partial charge on any atom is 0.119 e. The van der Waals surface area contributed by atoms with E-state index in [9.17, 15) is 30.6 Å². The molecule has 0 atom stereocenters. The van der Waals surface area contributed by atoms with Crippen molar-refractivity contribution in [1.82, 2.24) is 0 Å². The van der Waals surface area contributed by atoms with Crippen molar-refractivity contribution in [3.63, 3.8) is 0 Å². The van der Waals surface area contributed by atoms with Gasteiger partial charge in [0.1, 0.15) is 11.5 Å². The van der Waals surface area contributed by atoms with Gasteiger partial charge in [-0.25, -0.2) is 0 Å². The lowest BCUT2D eigenvalue weighted by Gasteiger charge is -2.30. The van der Waals surface area contributed by atoms with Gasteiger partial charge in [0.05, 0.1) is 24.4 Å². The van der Waals surface area contributed by atoms with Gasteiger partial charge in [-0.3, -0.25) is 0 Å². The van der Waals surface area contributed by atoms with Crippen molar-refractivity contribution in [3.05, 3.63) is 198 Å². The third kappa shape index (κ3) is 11.4. The quantitative estimate of drug-likeness (QED) is 0.0680. The van der Waals surface area contributed by atoms with Gasteiger partial charge in [-0.1, -0.05) is 97.1 Å². The van der Waals surface area contributed by atoms with Crippen LogP contribution in [0.5, 0.6) is 11.5 Å². The Morgan fingerprint density at radius 3 is 0.808 bits per heavy atom. The van der Waals surface area contributed by atoms with Crippen molar-refractivity contribution in [2.45, 2.75) is 197 Å². The molecule has 6 aromatic rings. The minimum absolute atomic E-state index is 0.230. The maximum absolute atomic E-state index is 12.2. The average Bonchev–Trinajstić information content (AvgIpc) is 3.39. The number of phenolic OH excluding ortho intramolecular Hbond substituents is 2. The van der Waals surface area contributed by atoms with E-state index in [4.69, 9.17) is 0 Å². The number of aliphatic hydroxyl groups is 4. The van der Waals surface area contributed by atoms with Crippen molar-refractivity contribution >= 4 is 0 Å². The van der Waals surface area contributed by atoms with Crippen LogP contribution in [0.25, 0.3) is 0 Å².